The van der Waals surface area contributed by atoms with Crippen molar-refractivity contribution >= 4 is 0 Å². The van der Waals surface area contributed by atoms with Gasteiger partial charge in [-0.2, -0.15) is 0 Å². The number of phenolic OH excluding ortho intramolecular Hbond substituents is 4. The largest absolute Gasteiger partial charge is 0.508 e. The summed E-state index contributed by atoms with van der Waals surface area (Å²) in [5, 5.41) is 34.6. The van der Waals surface area contributed by atoms with Gasteiger partial charge in [0.25, 0.3) is 0 Å². The van der Waals surface area contributed by atoms with Crippen LogP contribution in [0, 0.1) is 0 Å². The maximum atomic E-state index is 8.65. The van der Waals surface area contributed by atoms with Crippen molar-refractivity contribution in [1.82, 2.24) is 0 Å². The molecule has 2 aromatic rings. The van der Waals surface area contributed by atoms with Crippen molar-refractivity contribution in [3.05, 3.63) is 48.5 Å². The summed E-state index contributed by atoms with van der Waals surface area (Å²) in [6.07, 6.45) is 0.785. The zero-order chi connectivity index (χ0) is 18.1. The van der Waals surface area contributed by atoms with Gasteiger partial charge in [0.05, 0.1) is 26.4 Å². The van der Waals surface area contributed by atoms with E-state index < -0.39 is 0 Å². The van der Waals surface area contributed by atoms with Crippen molar-refractivity contribution in [3.63, 3.8) is 0 Å². The number of ether oxygens (including phenoxy) is 3. The summed E-state index contributed by atoms with van der Waals surface area (Å²) >= 11 is 0. The van der Waals surface area contributed by atoms with E-state index in [4.69, 9.17) is 34.6 Å². The van der Waals surface area contributed by atoms with Crippen LogP contribution >= 0.6 is 0 Å². The van der Waals surface area contributed by atoms with E-state index in [1.807, 2.05) is 0 Å². The summed E-state index contributed by atoms with van der Waals surface area (Å²) in [5.41, 5.74) is 0. The third-order valence-corrected chi connectivity index (χ3v) is 3.11. The Balaban J connectivity index is 0.000000136. The van der Waals surface area contributed by atoms with Crippen molar-refractivity contribution in [2.75, 3.05) is 26.4 Å². The molecule has 0 bridgehead atoms. The molecular formula is C18H22O7. The topological polar surface area (TPSA) is 115 Å². The molecule has 7 heteroatoms. The number of hydrogen-bond acceptors (Lipinski definition) is 7. The van der Waals surface area contributed by atoms with Crippen molar-refractivity contribution in [2.24, 2.45) is 0 Å². The highest BCUT2D eigenvalue weighted by molar-refractivity contribution is 5.29. The van der Waals surface area contributed by atoms with Crippen LogP contribution in [0.25, 0.3) is 0 Å². The molecule has 0 aromatic heterocycles. The second kappa shape index (κ2) is 9.73. The van der Waals surface area contributed by atoms with Gasteiger partial charge in [0.15, 0.2) is 0 Å². The Morgan fingerprint density at radius 1 is 0.640 bits per heavy atom. The average molecular weight is 350 g/mol. The Labute approximate surface area is 145 Å². The Morgan fingerprint density at radius 2 is 0.880 bits per heavy atom. The number of phenols is 4. The molecule has 2 aliphatic rings. The number of hydrogen-bond donors (Lipinski definition) is 4. The molecule has 0 aliphatic carbocycles. The summed E-state index contributed by atoms with van der Waals surface area (Å²) < 4.78 is 15.1. The first-order valence-electron chi connectivity index (χ1n) is 7.80. The monoisotopic (exact) mass is 350 g/mol. The molecule has 2 aromatic carbocycles. The van der Waals surface area contributed by atoms with E-state index in [-0.39, 0.29) is 23.0 Å². The van der Waals surface area contributed by atoms with E-state index in [2.05, 4.69) is 0 Å². The molecule has 2 unspecified atom stereocenters. The molecule has 2 atom stereocenters. The average Bonchev–Trinajstić information content (AvgIpc) is 3.50. The minimum Gasteiger partial charge on any atom is -0.508 e. The quantitative estimate of drug-likeness (QED) is 0.492. The molecule has 136 valence electrons. The lowest BCUT2D eigenvalue weighted by atomic mass is 10.3. The fraction of sp³-hybridized carbons (Fsp3) is 0.333. The molecule has 2 fully saturated rings. The highest BCUT2D eigenvalue weighted by atomic mass is 16.6. The lowest BCUT2D eigenvalue weighted by molar-refractivity contribution is 0.102. The standard InChI is InChI=1S/C6H10O3.2C6H6O2/c1(5-3-8-5)7-2-6-4-9-6;2*7-5-1-2-6(8)4-3-5/h5-6H,1-4H2;2*1-4,7-8H. The Hall–Kier alpha value is -2.48. The second-order valence-electron chi connectivity index (χ2n) is 5.48. The first kappa shape index (κ1) is 18.9. The molecule has 0 spiro atoms. The van der Waals surface area contributed by atoms with Gasteiger partial charge >= 0.3 is 0 Å². The fourth-order valence-corrected chi connectivity index (χ4v) is 1.56. The number of benzene rings is 2. The second-order valence-corrected chi connectivity index (χ2v) is 5.48. The summed E-state index contributed by atoms with van der Waals surface area (Å²) in [7, 11) is 0. The van der Waals surface area contributed by atoms with E-state index in [1.165, 1.54) is 48.5 Å². The van der Waals surface area contributed by atoms with E-state index in [0.29, 0.717) is 12.2 Å². The Morgan fingerprint density at radius 3 is 1.08 bits per heavy atom. The van der Waals surface area contributed by atoms with Crippen LogP contribution in [0.5, 0.6) is 23.0 Å². The highest BCUT2D eigenvalue weighted by Crippen LogP contribution is 2.14. The first-order valence-corrected chi connectivity index (χ1v) is 7.80. The molecule has 0 saturated carbocycles. The van der Waals surface area contributed by atoms with Crippen LogP contribution in [0.4, 0.5) is 0 Å². The van der Waals surface area contributed by atoms with Crippen LogP contribution < -0.4 is 0 Å². The third-order valence-electron chi connectivity index (χ3n) is 3.11. The van der Waals surface area contributed by atoms with E-state index in [9.17, 15) is 0 Å². The third kappa shape index (κ3) is 9.41. The van der Waals surface area contributed by atoms with E-state index >= 15 is 0 Å². The summed E-state index contributed by atoms with van der Waals surface area (Å²) in [6.45, 7) is 3.26. The Kier molecular flexibility index (Phi) is 7.34. The summed E-state index contributed by atoms with van der Waals surface area (Å²) in [4.78, 5) is 0. The van der Waals surface area contributed by atoms with Gasteiger partial charge in [0.1, 0.15) is 35.2 Å². The van der Waals surface area contributed by atoms with Gasteiger partial charge in [-0.1, -0.05) is 0 Å². The molecule has 4 N–H and O–H groups in total. The van der Waals surface area contributed by atoms with Crippen molar-refractivity contribution in [2.45, 2.75) is 12.2 Å². The number of epoxide rings is 2. The van der Waals surface area contributed by atoms with Crippen LogP contribution in [0.1, 0.15) is 0 Å². The SMILES string of the molecule is C(OCC1CO1)C1CO1.Oc1ccc(O)cc1.Oc1ccc(O)cc1. The lowest BCUT2D eigenvalue weighted by Crippen LogP contribution is -2.06. The zero-order valence-electron chi connectivity index (χ0n) is 13.6. The van der Waals surface area contributed by atoms with Gasteiger partial charge in [-0.3, -0.25) is 0 Å². The lowest BCUT2D eigenvalue weighted by Gasteiger charge is -1.95. The molecule has 2 aliphatic heterocycles. The van der Waals surface area contributed by atoms with Gasteiger partial charge in [-0.05, 0) is 48.5 Å². The molecule has 0 radical (unpaired) electrons. The van der Waals surface area contributed by atoms with Crippen LogP contribution in [0.2, 0.25) is 0 Å². The van der Waals surface area contributed by atoms with Gasteiger partial charge in [-0.25, -0.2) is 0 Å². The smallest absolute Gasteiger partial charge is 0.115 e. The van der Waals surface area contributed by atoms with Crippen LogP contribution in [-0.4, -0.2) is 59.1 Å². The number of aromatic hydroxyl groups is 4. The predicted octanol–water partition coefficient (Wildman–Crippen LogP) is 2.00. The van der Waals surface area contributed by atoms with Crippen molar-refractivity contribution in [3.8, 4) is 23.0 Å². The summed E-state index contributed by atoms with van der Waals surface area (Å²) in [6, 6.07) is 11.4. The van der Waals surface area contributed by atoms with Crippen LogP contribution in [-0.2, 0) is 14.2 Å². The van der Waals surface area contributed by atoms with Crippen LogP contribution in [0.3, 0.4) is 0 Å². The molecule has 25 heavy (non-hydrogen) atoms. The van der Waals surface area contributed by atoms with Gasteiger partial charge in [-0.15, -0.1) is 0 Å². The molecule has 2 saturated heterocycles. The van der Waals surface area contributed by atoms with Gasteiger partial charge < -0.3 is 34.6 Å². The molecule has 2 heterocycles. The minimum atomic E-state index is 0.169. The predicted molar refractivity (Wildman–Crippen MR) is 89.8 cm³/mol. The molecule has 7 nitrogen and oxygen atoms in total. The normalized spacial score (nSPS) is 19.7. The number of rotatable bonds is 4. The van der Waals surface area contributed by atoms with Gasteiger partial charge in [0.2, 0.25) is 0 Å². The fourth-order valence-electron chi connectivity index (χ4n) is 1.56. The minimum absolute atomic E-state index is 0.169. The van der Waals surface area contributed by atoms with Crippen LogP contribution in [0.15, 0.2) is 48.5 Å². The summed E-state index contributed by atoms with van der Waals surface area (Å²) in [5.74, 6) is 0.677. The zero-order valence-corrected chi connectivity index (χ0v) is 13.6. The molecule has 4 rings (SSSR count). The van der Waals surface area contributed by atoms with Crippen molar-refractivity contribution in [1.29, 1.82) is 0 Å². The maximum Gasteiger partial charge on any atom is 0.115 e. The molecular weight excluding hydrogens is 328 g/mol. The Bertz CT molecular complexity index is 507. The van der Waals surface area contributed by atoms with E-state index in [0.717, 1.165) is 26.4 Å². The van der Waals surface area contributed by atoms with Crippen molar-refractivity contribution < 1.29 is 34.6 Å². The maximum absolute atomic E-state index is 8.65. The first-order chi connectivity index (χ1) is 12.0. The molecule has 0 amide bonds. The van der Waals surface area contributed by atoms with Gasteiger partial charge in [0, 0.05) is 0 Å². The highest BCUT2D eigenvalue weighted by Gasteiger charge is 2.26. The van der Waals surface area contributed by atoms with E-state index in [1.54, 1.807) is 0 Å².